The summed E-state index contributed by atoms with van der Waals surface area (Å²) < 4.78 is 41.3. The molecule has 3 aromatic rings. The molecule has 1 aliphatic heterocycles. The fraction of sp³-hybridized carbons (Fsp3) is 0.423. The number of carbonyl (C=O) groups is 1. The normalized spacial score (nSPS) is 15.5. The highest BCUT2D eigenvalue weighted by atomic mass is 19.4. The van der Waals surface area contributed by atoms with E-state index in [1.54, 1.807) is 24.3 Å². The van der Waals surface area contributed by atoms with Gasteiger partial charge in [0, 0.05) is 36.7 Å². The zero-order valence-electron chi connectivity index (χ0n) is 20.8. The van der Waals surface area contributed by atoms with Crippen molar-refractivity contribution in [3.05, 3.63) is 64.1 Å². The second kappa shape index (κ2) is 11.4. The summed E-state index contributed by atoms with van der Waals surface area (Å²) in [5.41, 5.74) is -0.0414. The van der Waals surface area contributed by atoms with E-state index in [4.69, 9.17) is 5.11 Å². The topological polar surface area (TPSA) is 120 Å². The van der Waals surface area contributed by atoms with E-state index in [1.807, 2.05) is 4.90 Å². The Hall–Kier alpha value is -3.64. The summed E-state index contributed by atoms with van der Waals surface area (Å²) in [5.74, 6) is 0.692. The first-order chi connectivity index (χ1) is 18.1. The Labute approximate surface area is 216 Å². The highest BCUT2D eigenvalue weighted by Crippen LogP contribution is 2.32. The largest absolute Gasteiger partial charge is 0.433 e. The summed E-state index contributed by atoms with van der Waals surface area (Å²) in [6, 6.07) is 9.43. The van der Waals surface area contributed by atoms with Crippen LogP contribution in [0.2, 0.25) is 0 Å². The maximum absolute atomic E-state index is 13.3. The molecule has 38 heavy (non-hydrogen) atoms. The lowest BCUT2D eigenvalue weighted by Crippen LogP contribution is -2.36. The number of aliphatic hydroxyl groups is 2. The van der Waals surface area contributed by atoms with Crippen molar-refractivity contribution >= 4 is 28.4 Å². The standard InChI is InChI=1S/C26H30F3N5O4/c1-16-9-11-33(12-10-16)24-17(5-7-22(32-24)26(27,28)29)13-30-25(38)31-20-3-2-4-21-19(20)6-8-23(37)34(21)14-18(36)15-35/h2-8,16,18,35-36H,9-15H2,1H3,(H2,30,31,38). The number of fused-ring (bicyclic) bond motifs is 1. The SMILES string of the molecule is CC1CCN(c2nc(C(F)(F)F)ccc2CNC(=O)Nc2cccc3c2ccc(=O)n3CC(O)CO)CC1. The molecule has 1 unspecified atom stereocenters. The average Bonchev–Trinajstić information content (AvgIpc) is 2.89. The number of nitrogens with zero attached hydrogens (tertiary/aromatic N) is 3. The van der Waals surface area contributed by atoms with Crippen molar-refractivity contribution in [3.8, 4) is 0 Å². The third kappa shape index (κ3) is 6.25. The Kier molecular flexibility index (Phi) is 8.22. The Morgan fingerprint density at radius 1 is 1.16 bits per heavy atom. The summed E-state index contributed by atoms with van der Waals surface area (Å²) in [6.07, 6.45) is -4.03. The lowest BCUT2D eigenvalue weighted by Gasteiger charge is -2.33. The zero-order chi connectivity index (χ0) is 27.4. The van der Waals surface area contributed by atoms with E-state index < -0.39 is 30.6 Å². The number of anilines is 2. The van der Waals surface area contributed by atoms with Gasteiger partial charge in [0.25, 0.3) is 5.56 Å². The van der Waals surface area contributed by atoms with E-state index in [0.29, 0.717) is 41.2 Å². The van der Waals surface area contributed by atoms with Crippen LogP contribution in [0.25, 0.3) is 10.9 Å². The Morgan fingerprint density at radius 2 is 1.89 bits per heavy atom. The molecule has 1 aromatic carbocycles. The van der Waals surface area contributed by atoms with Crippen molar-refractivity contribution in [1.29, 1.82) is 0 Å². The number of aliphatic hydroxyl groups excluding tert-OH is 2. The molecule has 4 N–H and O–H groups in total. The molecule has 0 saturated carbocycles. The van der Waals surface area contributed by atoms with Crippen LogP contribution in [-0.4, -0.2) is 51.6 Å². The number of aromatic nitrogens is 2. The molecule has 0 radical (unpaired) electrons. The van der Waals surface area contributed by atoms with Crippen molar-refractivity contribution in [1.82, 2.24) is 14.9 Å². The number of rotatable bonds is 7. The number of benzene rings is 1. The average molecular weight is 534 g/mol. The van der Waals surface area contributed by atoms with Crippen LogP contribution in [0, 0.1) is 5.92 Å². The summed E-state index contributed by atoms with van der Waals surface area (Å²) in [5, 5.41) is 24.9. The number of amides is 2. The zero-order valence-corrected chi connectivity index (χ0v) is 20.8. The number of alkyl halides is 3. The minimum absolute atomic E-state index is 0.0451. The molecule has 1 aliphatic rings. The lowest BCUT2D eigenvalue weighted by molar-refractivity contribution is -0.141. The van der Waals surface area contributed by atoms with Gasteiger partial charge in [-0.1, -0.05) is 19.1 Å². The molecule has 9 nitrogen and oxygen atoms in total. The fourth-order valence-electron chi connectivity index (χ4n) is 4.50. The van der Waals surface area contributed by atoms with Crippen LogP contribution in [0.4, 0.5) is 29.5 Å². The number of hydrogen-bond donors (Lipinski definition) is 4. The fourth-order valence-corrected chi connectivity index (χ4v) is 4.50. The number of nitrogens with one attached hydrogen (secondary N) is 2. The number of carbonyl (C=O) groups excluding carboxylic acids is 1. The highest BCUT2D eigenvalue weighted by molar-refractivity contribution is 6.00. The van der Waals surface area contributed by atoms with Crippen LogP contribution in [-0.2, 0) is 19.3 Å². The van der Waals surface area contributed by atoms with E-state index >= 15 is 0 Å². The molecule has 1 atom stereocenters. The summed E-state index contributed by atoms with van der Waals surface area (Å²) in [6.45, 7) is 2.58. The van der Waals surface area contributed by atoms with Gasteiger partial charge in [0.1, 0.15) is 11.5 Å². The second-order valence-corrected chi connectivity index (χ2v) is 9.51. The molecular formula is C26H30F3N5O4. The van der Waals surface area contributed by atoms with Crippen molar-refractivity contribution in [2.45, 2.75) is 45.1 Å². The molecule has 1 fully saturated rings. The first-order valence-corrected chi connectivity index (χ1v) is 12.3. The number of halogens is 3. The molecule has 3 heterocycles. The Balaban J connectivity index is 1.53. The van der Waals surface area contributed by atoms with Crippen LogP contribution in [0.15, 0.2) is 47.3 Å². The third-order valence-electron chi connectivity index (χ3n) is 6.65. The van der Waals surface area contributed by atoms with Gasteiger partial charge < -0.3 is 30.3 Å². The Bertz CT molecular complexity index is 1350. The highest BCUT2D eigenvalue weighted by Gasteiger charge is 2.34. The lowest BCUT2D eigenvalue weighted by atomic mass is 9.99. The third-order valence-corrected chi connectivity index (χ3v) is 6.65. The molecule has 2 aromatic heterocycles. The molecule has 12 heteroatoms. The van der Waals surface area contributed by atoms with Gasteiger partial charge in [0.05, 0.1) is 30.5 Å². The van der Waals surface area contributed by atoms with Crippen LogP contribution in [0.3, 0.4) is 0 Å². The predicted molar refractivity (Wildman–Crippen MR) is 137 cm³/mol. The van der Waals surface area contributed by atoms with E-state index in [1.165, 1.54) is 16.7 Å². The van der Waals surface area contributed by atoms with E-state index in [2.05, 4.69) is 22.5 Å². The van der Waals surface area contributed by atoms with Crippen LogP contribution >= 0.6 is 0 Å². The molecule has 0 bridgehead atoms. The van der Waals surface area contributed by atoms with Gasteiger partial charge in [0.2, 0.25) is 0 Å². The van der Waals surface area contributed by atoms with Gasteiger partial charge in [0.15, 0.2) is 0 Å². The van der Waals surface area contributed by atoms with Gasteiger partial charge in [-0.05, 0) is 43.0 Å². The van der Waals surface area contributed by atoms with Gasteiger partial charge >= 0.3 is 12.2 Å². The van der Waals surface area contributed by atoms with E-state index in [0.717, 1.165) is 18.9 Å². The van der Waals surface area contributed by atoms with Crippen LogP contribution in [0.5, 0.6) is 0 Å². The van der Waals surface area contributed by atoms with Crippen LogP contribution in [0.1, 0.15) is 31.0 Å². The van der Waals surface area contributed by atoms with Gasteiger partial charge in [-0.15, -0.1) is 0 Å². The molecule has 0 spiro atoms. The number of urea groups is 1. The second-order valence-electron chi connectivity index (χ2n) is 9.51. The van der Waals surface area contributed by atoms with Crippen LogP contribution < -0.4 is 21.1 Å². The van der Waals surface area contributed by atoms with E-state index in [9.17, 15) is 27.9 Å². The van der Waals surface area contributed by atoms with Crippen molar-refractivity contribution < 1.29 is 28.2 Å². The first-order valence-electron chi connectivity index (χ1n) is 12.3. The molecule has 4 rings (SSSR count). The molecular weight excluding hydrogens is 503 g/mol. The maximum Gasteiger partial charge on any atom is 0.433 e. The monoisotopic (exact) mass is 533 g/mol. The number of pyridine rings is 2. The predicted octanol–water partition coefficient (Wildman–Crippen LogP) is 3.33. The van der Waals surface area contributed by atoms with Crippen molar-refractivity contribution in [2.24, 2.45) is 5.92 Å². The summed E-state index contributed by atoms with van der Waals surface area (Å²) >= 11 is 0. The maximum atomic E-state index is 13.3. The molecule has 0 aliphatic carbocycles. The first kappa shape index (κ1) is 27.4. The smallest absolute Gasteiger partial charge is 0.394 e. The minimum atomic E-state index is -4.58. The molecule has 2 amide bonds. The van der Waals surface area contributed by atoms with Gasteiger partial charge in [-0.25, -0.2) is 9.78 Å². The van der Waals surface area contributed by atoms with E-state index in [-0.39, 0.29) is 24.5 Å². The van der Waals surface area contributed by atoms with Crippen molar-refractivity contribution in [3.63, 3.8) is 0 Å². The molecule has 204 valence electrons. The quantitative estimate of drug-likeness (QED) is 0.370. The summed E-state index contributed by atoms with van der Waals surface area (Å²) in [7, 11) is 0. The Morgan fingerprint density at radius 3 is 2.58 bits per heavy atom. The van der Waals surface area contributed by atoms with Crippen molar-refractivity contribution in [2.75, 3.05) is 29.9 Å². The molecule has 1 saturated heterocycles. The van der Waals surface area contributed by atoms with Gasteiger partial charge in [-0.3, -0.25) is 4.79 Å². The van der Waals surface area contributed by atoms with Gasteiger partial charge in [-0.2, -0.15) is 13.2 Å². The minimum Gasteiger partial charge on any atom is -0.394 e. The number of hydrogen-bond acceptors (Lipinski definition) is 6. The number of piperidine rings is 1. The summed E-state index contributed by atoms with van der Waals surface area (Å²) in [4.78, 5) is 30.8.